The van der Waals surface area contributed by atoms with Crippen molar-refractivity contribution in [3.63, 3.8) is 0 Å². The molecule has 2 heteroatoms. The van der Waals surface area contributed by atoms with Gasteiger partial charge in [0.25, 0.3) is 0 Å². The topological polar surface area (TPSA) is 26.3 Å². The van der Waals surface area contributed by atoms with E-state index in [0.717, 1.165) is 55.0 Å². The van der Waals surface area contributed by atoms with Crippen molar-refractivity contribution in [1.29, 1.82) is 0 Å². The van der Waals surface area contributed by atoms with Gasteiger partial charge in [0, 0.05) is 21.7 Å². The molecule has 0 N–H and O–H groups in total. The van der Waals surface area contributed by atoms with E-state index in [-0.39, 0.29) is 0 Å². The first-order valence-electron chi connectivity index (χ1n) is 22.6. The van der Waals surface area contributed by atoms with E-state index in [4.69, 9.17) is 8.83 Å². The molecule has 0 unspecified atom stereocenters. The maximum Gasteiger partial charge on any atom is 0.147 e. The van der Waals surface area contributed by atoms with Crippen LogP contribution in [0.3, 0.4) is 0 Å². The van der Waals surface area contributed by atoms with Gasteiger partial charge in [-0.1, -0.05) is 206 Å². The molecule has 0 atom stereocenters. The van der Waals surface area contributed by atoms with Crippen LogP contribution >= 0.6 is 0 Å². The van der Waals surface area contributed by atoms with Gasteiger partial charge in [-0.3, -0.25) is 0 Å². The Labute approximate surface area is 380 Å². The molecule has 2 heterocycles. The van der Waals surface area contributed by atoms with E-state index >= 15 is 0 Å². The molecule has 0 spiro atoms. The van der Waals surface area contributed by atoms with E-state index in [1.54, 1.807) is 0 Å². The lowest BCUT2D eigenvalue weighted by Gasteiger charge is -2.19. The highest BCUT2D eigenvalue weighted by atomic mass is 16.3. The Morgan fingerprint density at radius 1 is 0.227 bits per heavy atom. The molecule has 14 aromatic rings. The number of benzene rings is 12. The highest BCUT2D eigenvalue weighted by Crippen LogP contribution is 2.48. The zero-order valence-electron chi connectivity index (χ0n) is 35.8. The normalized spacial score (nSPS) is 11.9. The largest absolute Gasteiger partial charge is 0.455 e. The maximum atomic E-state index is 6.83. The molecular weight excluding hydrogens is 801 g/mol. The predicted octanol–water partition coefficient (Wildman–Crippen LogP) is 18.4. The van der Waals surface area contributed by atoms with Gasteiger partial charge in [0.1, 0.15) is 22.3 Å². The van der Waals surface area contributed by atoms with E-state index in [1.807, 2.05) is 12.1 Å². The predicted molar refractivity (Wildman–Crippen MR) is 278 cm³/mol. The molecule has 0 radical (unpaired) electrons. The van der Waals surface area contributed by atoms with Gasteiger partial charge in [-0.2, -0.15) is 0 Å². The van der Waals surface area contributed by atoms with Crippen molar-refractivity contribution in [3.05, 3.63) is 231 Å². The van der Waals surface area contributed by atoms with Gasteiger partial charge < -0.3 is 8.83 Å². The van der Waals surface area contributed by atoms with Gasteiger partial charge in [-0.25, -0.2) is 0 Å². The SMILES string of the molecule is c1ccc2c(-c3ccc(-c4c5ccccc5c(-c5ccc(-c6cccc7ccccc67)cc5)c5cc(-c6cc7c8ccccc8oc7c7c6oc6ccccc67)ccc45)cc3)cccc2c1. The summed E-state index contributed by atoms with van der Waals surface area (Å²) in [6.45, 7) is 0. The second-order valence-electron chi connectivity index (χ2n) is 17.5. The highest BCUT2D eigenvalue weighted by Gasteiger charge is 2.23. The van der Waals surface area contributed by atoms with Gasteiger partial charge >= 0.3 is 0 Å². The molecule has 2 nitrogen and oxygen atoms in total. The lowest BCUT2D eigenvalue weighted by molar-refractivity contribution is 0.663. The summed E-state index contributed by atoms with van der Waals surface area (Å²) in [7, 11) is 0. The molecule has 12 aromatic carbocycles. The van der Waals surface area contributed by atoms with E-state index in [0.29, 0.717) is 0 Å². The minimum Gasteiger partial charge on any atom is -0.455 e. The molecular formula is C64H38O2. The van der Waals surface area contributed by atoms with Crippen LogP contribution in [0.5, 0.6) is 0 Å². The summed E-state index contributed by atoms with van der Waals surface area (Å²) in [6.07, 6.45) is 0. The van der Waals surface area contributed by atoms with Gasteiger partial charge in [0.2, 0.25) is 0 Å². The number of fused-ring (bicyclic) bond motifs is 11. The van der Waals surface area contributed by atoms with Crippen molar-refractivity contribution in [2.45, 2.75) is 0 Å². The molecule has 14 rings (SSSR count). The Bertz CT molecular complexity index is 4250. The zero-order chi connectivity index (χ0) is 43.3. The molecule has 0 bridgehead atoms. The summed E-state index contributed by atoms with van der Waals surface area (Å²) >= 11 is 0. The Balaban J connectivity index is 1.03. The Morgan fingerprint density at radius 2 is 0.652 bits per heavy atom. The monoisotopic (exact) mass is 838 g/mol. The van der Waals surface area contributed by atoms with Crippen molar-refractivity contribution in [3.8, 4) is 55.6 Å². The van der Waals surface area contributed by atoms with Crippen molar-refractivity contribution >= 4 is 87.0 Å². The Kier molecular flexibility index (Phi) is 8.02. The molecule has 306 valence electrons. The lowest BCUT2D eigenvalue weighted by Crippen LogP contribution is -1.92. The maximum absolute atomic E-state index is 6.83. The van der Waals surface area contributed by atoms with Crippen LogP contribution in [-0.2, 0) is 0 Å². The summed E-state index contributed by atoms with van der Waals surface area (Å²) in [5.74, 6) is 0. The standard InChI is InChI=1S/C64H38O2/c1-3-17-46-39(13-1)15-11-23-48(46)41-27-31-43(32-28-41)60-51-20-5-6-21-52(51)61(44-33-29-42(30-34-44)49-24-12-16-40-14-2-4-18-47(40)49)56-37-45(35-36-53(56)60)55-38-57-50-19-7-9-25-58(50)65-64(57)62-54-22-8-10-26-59(54)66-63(55)62/h1-38H. The third kappa shape index (κ3) is 5.55. The summed E-state index contributed by atoms with van der Waals surface area (Å²) in [4.78, 5) is 0. The van der Waals surface area contributed by atoms with E-state index in [9.17, 15) is 0 Å². The first-order valence-corrected chi connectivity index (χ1v) is 22.6. The van der Waals surface area contributed by atoms with Crippen molar-refractivity contribution in [2.24, 2.45) is 0 Å². The number of hydrogen-bond acceptors (Lipinski definition) is 2. The molecule has 0 fully saturated rings. The van der Waals surface area contributed by atoms with Crippen molar-refractivity contribution in [2.75, 3.05) is 0 Å². The molecule has 0 aliphatic rings. The smallest absolute Gasteiger partial charge is 0.147 e. The molecule has 66 heavy (non-hydrogen) atoms. The highest BCUT2D eigenvalue weighted by molar-refractivity contribution is 6.26. The minimum absolute atomic E-state index is 0.827. The minimum atomic E-state index is 0.827. The second-order valence-corrected chi connectivity index (χ2v) is 17.5. The fraction of sp³-hybridized carbons (Fsp3) is 0. The van der Waals surface area contributed by atoms with Crippen LogP contribution in [0.15, 0.2) is 239 Å². The third-order valence-electron chi connectivity index (χ3n) is 13.9. The number of hydrogen-bond donors (Lipinski definition) is 0. The first-order chi connectivity index (χ1) is 32.7. The number of furan rings is 2. The van der Waals surface area contributed by atoms with Crippen LogP contribution in [0.1, 0.15) is 0 Å². The second kappa shape index (κ2) is 14.4. The zero-order valence-corrected chi connectivity index (χ0v) is 35.8. The van der Waals surface area contributed by atoms with Crippen molar-refractivity contribution in [1.82, 2.24) is 0 Å². The summed E-state index contributed by atoms with van der Waals surface area (Å²) in [5, 5.41) is 14.0. The van der Waals surface area contributed by atoms with Crippen LogP contribution in [0.25, 0.3) is 143 Å². The Morgan fingerprint density at radius 3 is 1.26 bits per heavy atom. The van der Waals surface area contributed by atoms with Crippen LogP contribution in [0, 0.1) is 0 Å². The molecule has 2 aromatic heterocycles. The summed E-state index contributed by atoms with van der Waals surface area (Å²) in [6, 6.07) is 83.7. The average molecular weight is 839 g/mol. The number of para-hydroxylation sites is 2. The van der Waals surface area contributed by atoms with Crippen LogP contribution < -0.4 is 0 Å². The molecule has 0 amide bonds. The fourth-order valence-electron chi connectivity index (χ4n) is 10.8. The van der Waals surface area contributed by atoms with E-state index in [2.05, 4.69) is 218 Å². The van der Waals surface area contributed by atoms with Crippen LogP contribution in [0.2, 0.25) is 0 Å². The van der Waals surface area contributed by atoms with Crippen LogP contribution in [-0.4, -0.2) is 0 Å². The van der Waals surface area contributed by atoms with Crippen LogP contribution in [0.4, 0.5) is 0 Å². The van der Waals surface area contributed by atoms with Gasteiger partial charge in [-0.05, 0) is 117 Å². The molecule has 0 saturated carbocycles. The van der Waals surface area contributed by atoms with Gasteiger partial charge in [0.15, 0.2) is 0 Å². The molecule has 0 aliphatic heterocycles. The molecule has 0 saturated heterocycles. The van der Waals surface area contributed by atoms with Gasteiger partial charge in [0.05, 0.1) is 5.39 Å². The fourth-order valence-corrected chi connectivity index (χ4v) is 10.8. The quantitative estimate of drug-likeness (QED) is 0.161. The summed E-state index contributed by atoms with van der Waals surface area (Å²) in [5.41, 5.74) is 15.1. The third-order valence-corrected chi connectivity index (χ3v) is 13.9. The summed E-state index contributed by atoms with van der Waals surface area (Å²) < 4.78 is 13.5. The average Bonchev–Trinajstić information content (AvgIpc) is 3.96. The van der Waals surface area contributed by atoms with E-state index < -0.39 is 0 Å². The first kappa shape index (κ1) is 36.7. The lowest BCUT2D eigenvalue weighted by atomic mass is 9.84. The van der Waals surface area contributed by atoms with Crippen molar-refractivity contribution < 1.29 is 8.83 Å². The van der Waals surface area contributed by atoms with Gasteiger partial charge in [-0.15, -0.1) is 0 Å². The Hall–Kier alpha value is -8.72. The number of rotatable bonds is 5. The molecule has 0 aliphatic carbocycles. The van der Waals surface area contributed by atoms with E-state index in [1.165, 1.54) is 87.6 Å².